The summed E-state index contributed by atoms with van der Waals surface area (Å²) in [5, 5.41) is 13.7. The van der Waals surface area contributed by atoms with Crippen molar-refractivity contribution in [2.75, 3.05) is 31.9 Å². The van der Waals surface area contributed by atoms with Crippen LogP contribution in [-0.2, 0) is 0 Å². The van der Waals surface area contributed by atoms with Crippen LogP contribution in [0.4, 0.5) is 5.69 Å². The molecule has 1 saturated heterocycles. The fraction of sp³-hybridized carbons (Fsp3) is 0.375. The number of nitrogens with one attached hydrogen (secondary N) is 1. The first-order chi connectivity index (χ1) is 10.2. The predicted molar refractivity (Wildman–Crippen MR) is 83.7 cm³/mol. The van der Waals surface area contributed by atoms with Crippen LogP contribution in [0.15, 0.2) is 24.3 Å². The molecule has 0 saturated carbocycles. The van der Waals surface area contributed by atoms with Gasteiger partial charge in [-0.25, -0.2) is 4.98 Å². The molecular weight excluding hydrogens is 262 g/mol. The van der Waals surface area contributed by atoms with Gasteiger partial charge in [-0.2, -0.15) is 5.26 Å². The molecule has 5 heteroatoms. The van der Waals surface area contributed by atoms with Crippen LogP contribution in [0.1, 0.15) is 24.2 Å². The molecule has 0 bridgehead atoms. The van der Waals surface area contributed by atoms with E-state index in [1.165, 1.54) is 0 Å². The number of nitrogen functional groups attached to an aromatic ring is 1. The molecule has 3 N–H and O–H groups in total. The third-order valence-electron chi connectivity index (χ3n) is 4.17. The number of para-hydroxylation sites is 1. The lowest BCUT2D eigenvalue weighted by molar-refractivity contribution is 0.182. The lowest BCUT2D eigenvalue weighted by Crippen LogP contribution is -2.44. The van der Waals surface area contributed by atoms with Crippen molar-refractivity contribution < 1.29 is 0 Å². The molecule has 21 heavy (non-hydrogen) atoms. The van der Waals surface area contributed by atoms with E-state index in [-0.39, 0.29) is 6.04 Å². The lowest BCUT2D eigenvalue weighted by Gasteiger charge is -2.33. The van der Waals surface area contributed by atoms with Crippen LogP contribution in [0, 0.1) is 11.3 Å². The van der Waals surface area contributed by atoms with E-state index in [1.54, 1.807) is 0 Å². The highest BCUT2D eigenvalue weighted by molar-refractivity contribution is 5.93. The second-order valence-electron chi connectivity index (χ2n) is 5.38. The highest BCUT2D eigenvalue weighted by atomic mass is 15.2. The lowest BCUT2D eigenvalue weighted by atomic mass is 10.0. The molecule has 3 rings (SSSR count). The number of hydrogen-bond acceptors (Lipinski definition) is 5. The summed E-state index contributed by atoms with van der Waals surface area (Å²) in [5.74, 6) is 0. The quantitative estimate of drug-likeness (QED) is 0.875. The average molecular weight is 281 g/mol. The van der Waals surface area contributed by atoms with Crippen LogP contribution in [0.2, 0.25) is 0 Å². The van der Waals surface area contributed by atoms with E-state index in [9.17, 15) is 5.26 Å². The fourth-order valence-corrected chi connectivity index (χ4v) is 2.92. The van der Waals surface area contributed by atoms with Gasteiger partial charge in [0.15, 0.2) is 0 Å². The van der Waals surface area contributed by atoms with Gasteiger partial charge in [-0.3, -0.25) is 4.90 Å². The zero-order valence-corrected chi connectivity index (χ0v) is 12.1. The molecule has 1 aromatic carbocycles. The van der Waals surface area contributed by atoms with Gasteiger partial charge in [0.1, 0.15) is 6.07 Å². The topological polar surface area (TPSA) is 78.0 Å². The van der Waals surface area contributed by atoms with Crippen molar-refractivity contribution in [1.82, 2.24) is 15.2 Å². The summed E-state index contributed by atoms with van der Waals surface area (Å²) in [5.41, 5.74) is 8.90. The van der Waals surface area contributed by atoms with Crippen molar-refractivity contribution in [2.45, 2.75) is 13.0 Å². The van der Waals surface area contributed by atoms with Crippen molar-refractivity contribution in [3.63, 3.8) is 0 Å². The van der Waals surface area contributed by atoms with E-state index in [0.29, 0.717) is 11.3 Å². The standard InChI is InChI=1S/C16H19N5/c1-11(21-8-6-19-7-9-21)16-13(10-17)15(18)12-4-2-3-5-14(12)20-16/h2-5,11,19H,6-9H2,1H3,(H2,18,20). The van der Waals surface area contributed by atoms with E-state index in [2.05, 4.69) is 23.2 Å². The molecular formula is C16H19N5. The molecule has 1 unspecified atom stereocenters. The summed E-state index contributed by atoms with van der Waals surface area (Å²) < 4.78 is 0. The Hall–Kier alpha value is -2.16. The number of hydrogen-bond donors (Lipinski definition) is 2. The molecule has 2 aromatic rings. The van der Waals surface area contributed by atoms with E-state index in [1.807, 2.05) is 24.3 Å². The zero-order chi connectivity index (χ0) is 14.8. The molecule has 1 aliphatic rings. The Bertz CT molecular complexity index is 698. The number of nitriles is 1. The molecule has 0 aliphatic carbocycles. The number of benzene rings is 1. The molecule has 1 atom stereocenters. The van der Waals surface area contributed by atoms with Gasteiger partial charge in [0.25, 0.3) is 0 Å². The Morgan fingerprint density at radius 3 is 2.76 bits per heavy atom. The molecule has 108 valence electrons. The van der Waals surface area contributed by atoms with Gasteiger partial charge >= 0.3 is 0 Å². The van der Waals surface area contributed by atoms with Crippen LogP contribution in [0.25, 0.3) is 10.9 Å². The van der Waals surface area contributed by atoms with Gasteiger partial charge < -0.3 is 11.1 Å². The van der Waals surface area contributed by atoms with Gasteiger partial charge in [0.05, 0.1) is 28.5 Å². The molecule has 1 aromatic heterocycles. The van der Waals surface area contributed by atoms with Crippen LogP contribution in [0.5, 0.6) is 0 Å². The number of aromatic nitrogens is 1. The number of rotatable bonds is 2. The minimum atomic E-state index is 0.0913. The van der Waals surface area contributed by atoms with Crippen LogP contribution < -0.4 is 11.1 Å². The largest absolute Gasteiger partial charge is 0.397 e. The Morgan fingerprint density at radius 1 is 1.33 bits per heavy atom. The SMILES string of the molecule is CC(c1nc2ccccc2c(N)c1C#N)N1CCNCC1. The fourth-order valence-electron chi connectivity index (χ4n) is 2.92. The molecule has 0 radical (unpaired) electrons. The predicted octanol–water partition coefficient (Wildman–Crippen LogP) is 1.65. The normalized spacial score (nSPS) is 17.5. The van der Waals surface area contributed by atoms with Crippen molar-refractivity contribution in [3.8, 4) is 6.07 Å². The second kappa shape index (κ2) is 5.68. The Balaban J connectivity index is 2.10. The Morgan fingerprint density at radius 2 is 2.05 bits per heavy atom. The van der Waals surface area contributed by atoms with E-state index < -0.39 is 0 Å². The number of nitrogens with zero attached hydrogens (tertiary/aromatic N) is 3. The van der Waals surface area contributed by atoms with Crippen molar-refractivity contribution in [3.05, 3.63) is 35.5 Å². The third kappa shape index (κ3) is 2.44. The molecule has 0 spiro atoms. The first kappa shape index (κ1) is 13.8. The maximum absolute atomic E-state index is 9.51. The van der Waals surface area contributed by atoms with Crippen molar-refractivity contribution >= 4 is 16.6 Å². The highest BCUT2D eigenvalue weighted by Crippen LogP contribution is 2.30. The van der Waals surface area contributed by atoms with Crippen molar-refractivity contribution in [1.29, 1.82) is 5.26 Å². The first-order valence-corrected chi connectivity index (χ1v) is 7.25. The van der Waals surface area contributed by atoms with Crippen LogP contribution in [0.3, 0.4) is 0 Å². The van der Waals surface area contributed by atoms with Crippen molar-refractivity contribution in [2.24, 2.45) is 0 Å². The molecule has 2 heterocycles. The smallest absolute Gasteiger partial charge is 0.103 e. The van der Waals surface area contributed by atoms with Gasteiger partial charge in [-0.15, -0.1) is 0 Å². The maximum Gasteiger partial charge on any atom is 0.103 e. The number of piperazine rings is 1. The minimum Gasteiger partial charge on any atom is -0.397 e. The Kier molecular flexibility index (Phi) is 3.74. The summed E-state index contributed by atoms with van der Waals surface area (Å²) in [6.45, 7) is 5.95. The summed E-state index contributed by atoms with van der Waals surface area (Å²) in [4.78, 5) is 7.06. The first-order valence-electron chi connectivity index (χ1n) is 7.25. The highest BCUT2D eigenvalue weighted by Gasteiger charge is 2.23. The minimum absolute atomic E-state index is 0.0913. The van der Waals surface area contributed by atoms with Gasteiger partial charge in [0, 0.05) is 31.6 Å². The monoisotopic (exact) mass is 281 g/mol. The summed E-state index contributed by atoms with van der Waals surface area (Å²) in [7, 11) is 0. The zero-order valence-electron chi connectivity index (χ0n) is 12.1. The van der Waals surface area contributed by atoms with E-state index >= 15 is 0 Å². The molecule has 5 nitrogen and oxygen atoms in total. The molecule has 1 aliphatic heterocycles. The summed E-state index contributed by atoms with van der Waals surface area (Å²) >= 11 is 0. The van der Waals surface area contributed by atoms with Gasteiger partial charge in [0.2, 0.25) is 0 Å². The van der Waals surface area contributed by atoms with Gasteiger partial charge in [-0.05, 0) is 13.0 Å². The number of fused-ring (bicyclic) bond motifs is 1. The Labute approximate surface area is 124 Å². The van der Waals surface area contributed by atoms with Crippen LogP contribution in [-0.4, -0.2) is 36.1 Å². The molecule has 1 fully saturated rings. The number of anilines is 1. The number of nitrogens with two attached hydrogens (primary N) is 1. The summed E-state index contributed by atoms with van der Waals surface area (Å²) in [6, 6.07) is 10.1. The molecule has 0 amide bonds. The van der Waals surface area contributed by atoms with E-state index in [4.69, 9.17) is 10.7 Å². The third-order valence-corrected chi connectivity index (χ3v) is 4.17. The van der Waals surface area contributed by atoms with E-state index in [0.717, 1.165) is 42.8 Å². The maximum atomic E-state index is 9.51. The van der Waals surface area contributed by atoms with Gasteiger partial charge in [-0.1, -0.05) is 18.2 Å². The number of pyridine rings is 1. The van der Waals surface area contributed by atoms with Crippen LogP contribution >= 0.6 is 0 Å². The average Bonchev–Trinajstić information content (AvgIpc) is 2.55. The second-order valence-corrected chi connectivity index (χ2v) is 5.38. The summed E-state index contributed by atoms with van der Waals surface area (Å²) in [6.07, 6.45) is 0.